The minimum Gasteiger partial charge on any atom is -0.464 e. The molecule has 2 aromatic rings. The lowest BCUT2D eigenvalue weighted by atomic mass is 10.2. The second kappa shape index (κ2) is 5.79. The van der Waals surface area contributed by atoms with Crippen molar-refractivity contribution in [3.05, 3.63) is 34.9 Å². The van der Waals surface area contributed by atoms with Gasteiger partial charge in [-0.2, -0.15) is 15.0 Å². The maximum atomic E-state index is 13.2. The summed E-state index contributed by atoms with van der Waals surface area (Å²) >= 11 is 5.77. The molecule has 1 N–H and O–H groups in total. The zero-order valence-electron chi connectivity index (χ0n) is 10.4. The summed E-state index contributed by atoms with van der Waals surface area (Å²) in [4.78, 5) is 11.8. The van der Waals surface area contributed by atoms with Gasteiger partial charge in [0.2, 0.25) is 11.2 Å². The first kappa shape index (κ1) is 13.5. The molecule has 0 aliphatic heterocycles. The Morgan fingerprint density at radius 3 is 2.79 bits per heavy atom. The SMILES string of the molecule is CCOc1nc(Cl)nc(Nc2ccc(F)c(C)c2)n1. The van der Waals surface area contributed by atoms with Gasteiger partial charge < -0.3 is 10.1 Å². The monoisotopic (exact) mass is 282 g/mol. The van der Waals surface area contributed by atoms with Gasteiger partial charge in [0.1, 0.15) is 5.82 Å². The van der Waals surface area contributed by atoms with Crippen LogP contribution in [0.25, 0.3) is 0 Å². The van der Waals surface area contributed by atoms with E-state index in [0.717, 1.165) is 0 Å². The Hall–Kier alpha value is -1.95. The van der Waals surface area contributed by atoms with Crippen LogP contribution in [0.2, 0.25) is 5.28 Å². The van der Waals surface area contributed by atoms with Gasteiger partial charge in [-0.25, -0.2) is 4.39 Å². The molecule has 0 bridgehead atoms. The van der Waals surface area contributed by atoms with Crippen molar-refractivity contribution in [3.8, 4) is 6.01 Å². The molecule has 0 aliphatic rings. The van der Waals surface area contributed by atoms with Gasteiger partial charge in [-0.3, -0.25) is 0 Å². The van der Waals surface area contributed by atoms with Crippen molar-refractivity contribution in [2.75, 3.05) is 11.9 Å². The van der Waals surface area contributed by atoms with E-state index in [1.54, 1.807) is 19.1 Å². The molecule has 0 fully saturated rings. The standard InChI is InChI=1S/C12H12ClFN4O/c1-3-19-12-17-10(13)16-11(18-12)15-8-4-5-9(14)7(2)6-8/h4-6H,3H2,1-2H3,(H,15,16,17,18). The molecule has 1 aromatic carbocycles. The molecular weight excluding hydrogens is 271 g/mol. The summed E-state index contributed by atoms with van der Waals surface area (Å²) in [5, 5.41) is 2.95. The van der Waals surface area contributed by atoms with Crippen LogP contribution in [0.4, 0.5) is 16.0 Å². The van der Waals surface area contributed by atoms with Crippen LogP contribution in [-0.4, -0.2) is 21.6 Å². The van der Waals surface area contributed by atoms with E-state index < -0.39 is 0 Å². The van der Waals surface area contributed by atoms with Crippen molar-refractivity contribution in [2.24, 2.45) is 0 Å². The van der Waals surface area contributed by atoms with E-state index >= 15 is 0 Å². The fraction of sp³-hybridized carbons (Fsp3) is 0.250. The molecule has 2 rings (SSSR count). The number of hydrogen-bond donors (Lipinski definition) is 1. The molecular formula is C12H12ClFN4O. The third-order valence-corrected chi connectivity index (χ3v) is 2.44. The maximum Gasteiger partial charge on any atom is 0.322 e. The van der Waals surface area contributed by atoms with Crippen molar-refractivity contribution >= 4 is 23.2 Å². The Kier molecular flexibility index (Phi) is 4.11. The molecule has 0 unspecified atom stereocenters. The zero-order valence-corrected chi connectivity index (χ0v) is 11.2. The van der Waals surface area contributed by atoms with Gasteiger partial charge in [0.05, 0.1) is 6.61 Å². The highest BCUT2D eigenvalue weighted by atomic mass is 35.5. The van der Waals surface area contributed by atoms with Crippen molar-refractivity contribution in [2.45, 2.75) is 13.8 Å². The number of aromatic nitrogens is 3. The fourth-order valence-electron chi connectivity index (χ4n) is 1.43. The molecule has 5 nitrogen and oxygen atoms in total. The van der Waals surface area contributed by atoms with Crippen LogP contribution >= 0.6 is 11.6 Å². The minimum absolute atomic E-state index is 0.0276. The van der Waals surface area contributed by atoms with Gasteiger partial charge in [-0.15, -0.1) is 0 Å². The van der Waals surface area contributed by atoms with Gasteiger partial charge in [-0.05, 0) is 49.2 Å². The van der Waals surface area contributed by atoms with E-state index in [4.69, 9.17) is 16.3 Å². The lowest BCUT2D eigenvalue weighted by molar-refractivity contribution is 0.312. The number of nitrogens with zero attached hydrogens (tertiary/aromatic N) is 3. The van der Waals surface area contributed by atoms with E-state index in [0.29, 0.717) is 17.9 Å². The third kappa shape index (κ3) is 3.51. The highest BCUT2D eigenvalue weighted by Crippen LogP contribution is 2.19. The minimum atomic E-state index is -0.269. The van der Waals surface area contributed by atoms with E-state index in [1.807, 2.05) is 6.92 Å². The smallest absolute Gasteiger partial charge is 0.322 e. The number of benzene rings is 1. The number of halogens is 2. The van der Waals surface area contributed by atoms with Crippen LogP contribution in [0.3, 0.4) is 0 Å². The number of hydrogen-bond acceptors (Lipinski definition) is 5. The summed E-state index contributed by atoms with van der Waals surface area (Å²) in [5.41, 5.74) is 1.18. The molecule has 0 atom stereocenters. The summed E-state index contributed by atoms with van der Waals surface area (Å²) in [5.74, 6) is -0.0244. The van der Waals surface area contributed by atoms with Crippen LogP contribution in [0, 0.1) is 12.7 Å². The average molecular weight is 283 g/mol. The van der Waals surface area contributed by atoms with E-state index in [9.17, 15) is 4.39 Å². The number of nitrogens with one attached hydrogen (secondary N) is 1. The van der Waals surface area contributed by atoms with E-state index in [2.05, 4.69) is 20.3 Å². The molecule has 0 amide bonds. The highest BCUT2D eigenvalue weighted by Gasteiger charge is 2.07. The topological polar surface area (TPSA) is 59.9 Å². The molecule has 1 heterocycles. The van der Waals surface area contributed by atoms with Crippen LogP contribution in [0.5, 0.6) is 6.01 Å². The molecule has 0 saturated heterocycles. The Morgan fingerprint density at radius 1 is 1.32 bits per heavy atom. The van der Waals surface area contributed by atoms with Gasteiger partial charge >= 0.3 is 6.01 Å². The van der Waals surface area contributed by atoms with Crippen molar-refractivity contribution in [3.63, 3.8) is 0 Å². The summed E-state index contributed by atoms with van der Waals surface area (Å²) in [7, 11) is 0. The molecule has 7 heteroatoms. The molecule has 0 radical (unpaired) electrons. The first-order chi connectivity index (χ1) is 9.08. The molecule has 0 aliphatic carbocycles. The van der Waals surface area contributed by atoms with Crippen LogP contribution in [0.15, 0.2) is 18.2 Å². The number of anilines is 2. The molecule has 19 heavy (non-hydrogen) atoms. The van der Waals surface area contributed by atoms with Gasteiger partial charge in [-0.1, -0.05) is 0 Å². The Balaban J connectivity index is 2.24. The number of ether oxygens (including phenoxy) is 1. The van der Waals surface area contributed by atoms with E-state index in [-0.39, 0.29) is 23.1 Å². The highest BCUT2D eigenvalue weighted by molar-refractivity contribution is 6.28. The lowest BCUT2D eigenvalue weighted by Crippen LogP contribution is -2.04. The van der Waals surface area contributed by atoms with Gasteiger partial charge in [0.25, 0.3) is 0 Å². The normalized spacial score (nSPS) is 10.3. The summed E-state index contributed by atoms with van der Waals surface area (Å²) in [6, 6.07) is 4.74. The second-order valence-electron chi connectivity index (χ2n) is 3.73. The number of aryl methyl sites for hydroxylation is 1. The predicted octanol–water partition coefficient (Wildman–Crippen LogP) is 3.11. The van der Waals surface area contributed by atoms with Crippen molar-refractivity contribution in [1.82, 2.24) is 15.0 Å². The number of rotatable bonds is 4. The van der Waals surface area contributed by atoms with Crippen molar-refractivity contribution in [1.29, 1.82) is 0 Å². The molecule has 0 saturated carbocycles. The maximum absolute atomic E-state index is 13.2. The zero-order chi connectivity index (χ0) is 13.8. The Labute approximate surface area is 114 Å². The predicted molar refractivity (Wildman–Crippen MR) is 70.4 cm³/mol. The molecule has 100 valence electrons. The van der Waals surface area contributed by atoms with Crippen molar-refractivity contribution < 1.29 is 9.13 Å². The van der Waals surface area contributed by atoms with Crippen LogP contribution in [0.1, 0.15) is 12.5 Å². The summed E-state index contributed by atoms with van der Waals surface area (Å²) < 4.78 is 18.3. The first-order valence-electron chi connectivity index (χ1n) is 5.66. The summed E-state index contributed by atoms with van der Waals surface area (Å²) in [6.07, 6.45) is 0. The summed E-state index contributed by atoms with van der Waals surface area (Å²) in [6.45, 7) is 3.91. The largest absolute Gasteiger partial charge is 0.464 e. The fourth-order valence-corrected chi connectivity index (χ4v) is 1.59. The molecule has 1 aromatic heterocycles. The quantitative estimate of drug-likeness (QED) is 0.933. The average Bonchev–Trinajstić information content (AvgIpc) is 2.33. The van der Waals surface area contributed by atoms with Gasteiger partial charge in [0.15, 0.2) is 0 Å². The Morgan fingerprint density at radius 2 is 2.11 bits per heavy atom. The second-order valence-corrected chi connectivity index (χ2v) is 4.07. The molecule has 0 spiro atoms. The Bertz CT molecular complexity index is 594. The van der Waals surface area contributed by atoms with Gasteiger partial charge in [0, 0.05) is 5.69 Å². The van der Waals surface area contributed by atoms with Crippen LogP contribution in [-0.2, 0) is 0 Å². The van der Waals surface area contributed by atoms with E-state index in [1.165, 1.54) is 6.07 Å². The first-order valence-corrected chi connectivity index (χ1v) is 6.04. The lowest BCUT2D eigenvalue weighted by Gasteiger charge is -2.07. The van der Waals surface area contributed by atoms with Crippen LogP contribution < -0.4 is 10.1 Å². The third-order valence-electron chi connectivity index (χ3n) is 2.28.